The molecule has 3 rings (SSSR count). The average Bonchev–Trinajstić information content (AvgIpc) is 2.87. The van der Waals surface area contributed by atoms with Crippen molar-refractivity contribution >= 4 is 44.9 Å². The minimum absolute atomic E-state index is 0.0788. The largest absolute Gasteiger partial charge is 0.493 e. The second-order valence-electron chi connectivity index (χ2n) is 4.62. The molecule has 0 spiro atoms. The summed E-state index contributed by atoms with van der Waals surface area (Å²) in [6.45, 7) is 2.44. The summed E-state index contributed by atoms with van der Waals surface area (Å²) in [4.78, 5) is 20.1. The van der Waals surface area contributed by atoms with E-state index in [1.54, 1.807) is 12.1 Å². The molecule has 22 heavy (non-hydrogen) atoms. The van der Waals surface area contributed by atoms with Crippen molar-refractivity contribution in [1.29, 1.82) is 0 Å². The fourth-order valence-corrected chi connectivity index (χ4v) is 3.75. The molecule has 0 saturated heterocycles. The topological polar surface area (TPSA) is 55.0 Å². The van der Waals surface area contributed by atoms with E-state index < -0.39 is 0 Å². The number of aryl methyl sites for hydroxylation is 1. The van der Waals surface area contributed by atoms with Crippen LogP contribution in [0.3, 0.4) is 0 Å². The van der Waals surface area contributed by atoms with Crippen molar-refractivity contribution in [3.63, 3.8) is 0 Å². The van der Waals surface area contributed by atoms with Gasteiger partial charge in [0.2, 0.25) is 0 Å². The molecule has 0 aliphatic heterocycles. The molecule has 0 unspecified atom stereocenters. The lowest BCUT2D eigenvalue weighted by molar-refractivity contribution is 0.344. The molecule has 3 aromatic rings. The predicted molar refractivity (Wildman–Crippen MR) is 92.6 cm³/mol. The number of thioether (sulfide) groups is 1. The number of aromatic amines is 1. The Balaban J connectivity index is 1.60. The summed E-state index contributed by atoms with van der Waals surface area (Å²) in [7, 11) is 0. The van der Waals surface area contributed by atoms with Crippen molar-refractivity contribution in [2.45, 2.75) is 12.1 Å². The zero-order valence-corrected chi connectivity index (χ0v) is 14.1. The van der Waals surface area contributed by atoms with Gasteiger partial charge in [0.1, 0.15) is 10.6 Å². The molecule has 4 nitrogen and oxygen atoms in total. The highest BCUT2D eigenvalue weighted by Crippen LogP contribution is 2.22. The first kappa shape index (κ1) is 15.4. The Morgan fingerprint density at radius 2 is 2.14 bits per heavy atom. The van der Waals surface area contributed by atoms with Crippen molar-refractivity contribution in [2.24, 2.45) is 0 Å². The Morgan fingerprint density at radius 3 is 2.91 bits per heavy atom. The number of H-pyrrole nitrogens is 1. The van der Waals surface area contributed by atoms with Crippen molar-refractivity contribution < 1.29 is 4.74 Å². The minimum atomic E-state index is -0.0788. The molecule has 0 aliphatic carbocycles. The van der Waals surface area contributed by atoms with Gasteiger partial charge in [-0.25, -0.2) is 4.98 Å². The number of aromatic nitrogens is 2. The molecular formula is C15H13ClN2O2S2. The van der Waals surface area contributed by atoms with Gasteiger partial charge in [0.05, 0.1) is 12.0 Å². The Kier molecular flexibility index (Phi) is 4.71. The van der Waals surface area contributed by atoms with Crippen LogP contribution in [0.4, 0.5) is 0 Å². The van der Waals surface area contributed by atoms with Crippen LogP contribution in [0, 0.1) is 6.92 Å². The van der Waals surface area contributed by atoms with Crippen molar-refractivity contribution in [1.82, 2.24) is 9.97 Å². The molecule has 0 saturated carbocycles. The quantitative estimate of drug-likeness (QED) is 0.426. The molecule has 0 amide bonds. The van der Waals surface area contributed by atoms with Gasteiger partial charge in [0, 0.05) is 10.8 Å². The van der Waals surface area contributed by atoms with E-state index in [0.29, 0.717) is 27.9 Å². The lowest BCUT2D eigenvalue weighted by Crippen LogP contribution is -2.09. The second-order valence-corrected chi connectivity index (χ2v) is 7.00. The van der Waals surface area contributed by atoms with Gasteiger partial charge < -0.3 is 9.72 Å². The average molecular weight is 353 g/mol. The second kappa shape index (κ2) is 6.73. The third kappa shape index (κ3) is 3.45. The summed E-state index contributed by atoms with van der Waals surface area (Å²) < 4.78 is 5.61. The normalized spacial score (nSPS) is 11.0. The number of benzene rings is 1. The molecule has 2 aromatic heterocycles. The third-order valence-corrected chi connectivity index (χ3v) is 5.09. The van der Waals surface area contributed by atoms with Crippen molar-refractivity contribution in [2.75, 3.05) is 12.4 Å². The van der Waals surface area contributed by atoms with E-state index in [9.17, 15) is 4.79 Å². The van der Waals surface area contributed by atoms with Gasteiger partial charge in [-0.2, -0.15) is 0 Å². The standard InChI is InChI=1S/C15H13ClN2O2S2/c1-9-8-22-14-12(9)13(19)17-15(18-14)21-7-6-20-11-4-2-10(16)3-5-11/h2-5,8H,6-7H2,1H3,(H,17,18,19). The molecule has 0 fully saturated rings. The van der Waals surface area contributed by atoms with Crippen LogP contribution < -0.4 is 10.3 Å². The van der Waals surface area contributed by atoms with E-state index >= 15 is 0 Å². The van der Waals surface area contributed by atoms with Crippen LogP contribution >= 0.6 is 34.7 Å². The SMILES string of the molecule is Cc1csc2nc(SCCOc3ccc(Cl)cc3)[nH]c(=O)c12. The first-order valence-corrected chi connectivity index (χ1v) is 8.87. The molecule has 0 radical (unpaired) electrons. The number of rotatable bonds is 5. The molecular weight excluding hydrogens is 340 g/mol. The zero-order valence-electron chi connectivity index (χ0n) is 11.8. The Labute approximate surface area is 140 Å². The highest BCUT2D eigenvalue weighted by Gasteiger charge is 2.08. The van der Waals surface area contributed by atoms with Crippen molar-refractivity contribution in [3.8, 4) is 5.75 Å². The number of nitrogens with one attached hydrogen (secondary N) is 1. The fourth-order valence-electron chi connectivity index (χ4n) is 1.97. The lowest BCUT2D eigenvalue weighted by atomic mass is 10.3. The summed E-state index contributed by atoms with van der Waals surface area (Å²) in [6.07, 6.45) is 0. The third-order valence-electron chi connectivity index (χ3n) is 3.01. The van der Waals surface area contributed by atoms with Gasteiger partial charge in [-0.15, -0.1) is 11.3 Å². The number of fused-ring (bicyclic) bond motifs is 1. The molecule has 1 N–H and O–H groups in total. The van der Waals surface area contributed by atoms with Gasteiger partial charge in [0.25, 0.3) is 5.56 Å². The maximum absolute atomic E-state index is 12.0. The van der Waals surface area contributed by atoms with Crippen molar-refractivity contribution in [3.05, 3.63) is 50.6 Å². The van der Waals surface area contributed by atoms with E-state index in [4.69, 9.17) is 16.3 Å². The Morgan fingerprint density at radius 1 is 1.36 bits per heavy atom. The van der Waals surface area contributed by atoms with E-state index in [2.05, 4.69) is 9.97 Å². The number of halogens is 1. The molecule has 2 heterocycles. The first-order valence-electron chi connectivity index (χ1n) is 6.63. The molecule has 1 aromatic carbocycles. The minimum Gasteiger partial charge on any atom is -0.493 e. The summed E-state index contributed by atoms with van der Waals surface area (Å²) in [5.74, 6) is 1.47. The highest BCUT2D eigenvalue weighted by atomic mass is 35.5. The molecule has 0 atom stereocenters. The van der Waals surface area contributed by atoms with Crippen LogP contribution in [0.5, 0.6) is 5.75 Å². The first-order chi connectivity index (χ1) is 10.6. The Bertz CT molecular complexity index is 843. The number of hydrogen-bond acceptors (Lipinski definition) is 5. The maximum atomic E-state index is 12.0. The molecule has 0 bridgehead atoms. The smallest absolute Gasteiger partial charge is 0.260 e. The van der Waals surface area contributed by atoms with E-state index in [1.807, 2.05) is 24.4 Å². The summed E-state index contributed by atoms with van der Waals surface area (Å²) in [5.41, 5.74) is 0.890. The number of thiophene rings is 1. The van der Waals surface area contributed by atoms with Gasteiger partial charge in [-0.05, 0) is 42.1 Å². The zero-order chi connectivity index (χ0) is 15.5. The molecule has 114 valence electrons. The summed E-state index contributed by atoms with van der Waals surface area (Å²) in [6, 6.07) is 7.23. The number of ether oxygens (including phenoxy) is 1. The van der Waals surface area contributed by atoms with Gasteiger partial charge in [-0.3, -0.25) is 4.79 Å². The number of hydrogen-bond donors (Lipinski definition) is 1. The van der Waals surface area contributed by atoms with Crippen LogP contribution in [0.25, 0.3) is 10.2 Å². The van der Waals surface area contributed by atoms with Crippen LogP contribution in [-0.4, -0.2) is 22.3 Å². The van der Waals surface area contributed by atoms with Gasteiger partial charge >= 0.3 is 0 Å². The molecule has 0 aliphatic rings. The highest BCUT2D eigenvalue weighted by molar-refractivity contribution is 7.99. The van der Waals surface area contributed by atoms with E-state index in [0.717, 1.165) is 16.1 Å². The maximum Gasteiger partial charge on any atom is 0.260 e. The fraction of sp³-hybridized carbons (Fsp3) is 0.200. The van der Waals surface area contributed by atoms with E-state index in [1.165, 1.54) is 23.1 Å². The van der Waals surface area contributed by atoms with Crippen LogP contribution in [0.2, 0.25) is 5.02 Å². The van der Waals surface area contributed by atoms with Crippen LogP contribution in [-0.2, 0) is 0 Å². The van der Waals surface area contributed by atoms with Crippen LogP contribution in [0.15, 0.2) is 39.6 Å². The molecule has 7 heteroatoms. The Hall–Kier alpha value is -1.50. The lowest BCUT2D eigenvalue weighted by Gasteiger charge is -2.05. The summed E-state index contributed by atoms with van der Waals surface area (Å²) >= 11 is 8.78. The predicted octanol–water partition coefficient (Wildman–Crippen LogP) is 4.12. The van der Waals surface area contributed by atoms with E-state index in [-0.39, 0.29) is 5.56 Å². The number of nitrogens with zero attached hydrogens (tertiary/aromatic N) is 1. The monoisotopic (exact) mass is 352 g/mol. The van der Waals surface area contributed by atoms with Gasteiger partial charge in [-0.1, -0.05) is 23.4 Å². The summed E-state index contributed by atoms with van der Waals surface area (Å²) in [5, 5.41) is 3.94. The van der Waals surface area contributed by atoms with Gasteiger partial charge in [0.15, 0.2) is 5.16 Å². The van der Waals surface area contributed by atoms with Crippen LogP contribution in [0.1, 0.15) is 5.56 Å².